The van der Waals surface area contributed by atoms with E-state index in [1.807, 2.05) is 13.0 Å². The Morgan fingerprint density at radius 3 is 2.43 bits per heavy atom. The number of nitriles is 2. The predicted molar refractivity (Wildman–Crippen MR) is 84.1 cm³/mol. The highest BCUT2D eigenvalue weighted by Crippen LogP contribution is 2.29. The summed E-state index contributed by atoms with van der Waals surface area (Å²) in [5.74, 6) is 0. The Labute approximate surface area is 125 Å². The fourth-order valence-electron chi connectivity index (χ4n) is 2.52. The van der Waals surface area contributed by atoms with E-state index in [-0.39, 0.29) is 5.71 Å². The molecule has 1 saturated heterocycles. The first-order chi connectivity index (χ1) is 10.2. The molecular weight excluding hydrogens is 262 g/mol. The highest BCUT2D eigenvalue weighted by Gasteiger charge is 2.13. The summed E-state index contributed by atoms with van der Waals surface area (Å²) in [6.45, 7) is 4.08. The zero-order chi connectivity index (χ0) is 15.1. The normalized spacial score (nSPS) is 14.5. The maximum absolute atomic E-state index is 8.76. The number of nitrogens with zero attached hydrogens (tertiary/aromatic N) is 4. The third-order valence-electron chi connectivity index (χ3n) is 3.60. The average Bonchev–Trinajstić information content (AvgIpc) is 2.77. The van der Waals surface area contributed by atoms with Gasteiger partial charge in [0.1, 0.15) is 12.1 Å². The molecule has 2 rings (SSSR count). The summed E-state index contributed by atoms with van der Waals surface area (Å²) in [6, 6.07) is 9.67. The maximum atomic E-state index is 8.76. The van der Waals surface area contributed by atoms with Gasteiger partial charge in [-0.25, -0.2) is 0 Å². The highest BCUT2D eigenvalue weighted by molar-refractivity contribution is 6.10. The van der Waals surface area contributed by atoms with Crippen molar-refractivity contribution in [3.63, 3.8) is 0 Å². The molecule has 0 saturated carbocycles. The summed E-state index contributed by atoms with van der Waals surface area (Å²) in [4.78, 5) is 2.35. The van der Waals surface area contributed by atoms with Crippen LogP contribution in [0, 0.1) is 29.6 Å². The molecule has 0 aromatic heterocycles. The largest absolute Gasteiger partial charge is 0.370 e. The molecule has 5 nitrogen and oxygen atoms in total. The molecule has 5 heteroatoms. The van der Waals surface area contributed by atoms with Crippen molar-refractivity contribution in [2.45, 2.75) is 32.6 Å². The SMILES string of the molecule is Cc1ccc(N2CCCCCC2)c(NN=C(C#N)C#N)c1. The third kappa shape index (κ3) is 3.97. The zero-order valence-corrected chi connectivity index (χ0v) is 12.3. The second-order valence-electron chi connectivity index (χ2n) is 5.22. The second-order valence-corrected chi connectivity index (χ2v) is 5.22. The summed E-state index contributed by atoms with van der Waals surface area (Å²) in [5, 5.41) is 21.4. The van der Waals surface area contributed by atoms with E-state index < -0.39 is 0 Å². The molecule has 0 bridgehead atoms. The Balaban J connectivity index is 2.27. The van der Waals surface area contributed by atoms with Gasteiger partial charge in [0.2, 0.25) is 5.71 Å². The van der Waals surface area contributed by atoms with Crippen LogP contribution in [0.5, 0.6) is 0 Å². The van der Waals surface area contributed by atoms with Crippen LogP contribution in [0.4, 0.5) is 11.4 Å². The number of aryl methyl sites for hydroxylation is 1. The molecule has 21 heavy (non-hydrogen) atoms. The Morgan fingerprint density at radius 1 is 1.14 bits per heavy atom. The quantitative estimate of drug-likeness (QED) is 0.682. The molecule has 1 aliphatic rings. The molecule has 108 valence electrons. The summed E-state index contributed by atoms with van der Waals surface area (Å²) in [5.41, 5.74) is 5.75. The van der Waals surface area contributed by atoms with Gasteiger partial charge in [-0.2, -0.15) is 15.6 Å². The number of benzene rings is 1. The van der Waals surface area contributed by atoms with Crippen LogP contribution in [0.3, 0.4) is 0 Å². The van der Waals surface area contributed by atoms with Crippen LogP contribution in [-0.4, -0.2) is 18.8 Å². The van der Waals surface area contributed by atoms with Gasteiger partial charge in [0.05, 0.1) is 11.4 Å². The summed E-state index contributed by atoms with van der Waals surface area (Å²) in [6.07, 6.45) is 4.93. The van der Waals surface area contributed by atoms with Gasteiger partial charge < -0.3 is 4.90 Å². The van der Waals surface area contributed by atoms with Crippen molar-refractivity contribution in [1.29, 1.82) is 10.5 Å². The topological polar surface area (TPSA) is 75.2 Å². The van der Waals surface area contributed by atoms with Crippen LogP contribution in [0.25, 0.3) is 0 Å². The van der Waals surface area contributed by atoms with Crippen LogP contribution < -0.4 is 10.3 Å². The van der Waals surface area contributed by atoms with Crippen LogP contribution in [0.1, 0.15) is 31.2 Å². The minimum atomic E-state index is -0.168. The third-order valence-corrected chi connectivity index (χ3v) is 3.60. The van der Waals surface area contributed by atoms with E-state index in [0.717, 1.165) is 30.0 Å². The van der Waals surface area contributed by atoms with E-state index >= 15 is 0 Å². The molecule has 1 fully saturated rings. The van der Waals surface area contributed by atoms with Crippen molar-refractivity contribution in [3.05, 3.63) is 23.8 Å². The first kappa shape index (κ1) is 14.9. The van der Waals surface area contributed by atoms with E-state index in [9.17, 15) is 0 Å². The average molecular weight is 281 g/mol. The number of hydrazone groups is 1. The highest BCUT2D eigenvalue weighted by atomic mass is 15.3. The molecule has 0 unspecified atom stereocenters. The van der Waals surface area contributed by atoms with Crippen molar-refractivity contribution in [2.75, 3.05) is 23.4 Å². The molecule has 1 aliphatic heterocycles. The number of rotatable bonds is 3. The van der Waals surface area contributed by atoms with Crippen LogP contribution in [0.2, 0.25) is 0 Å². The Hall–Kier alpha value is -2.53. The number of nitrogens with one attached hydrogen (secondary N) is 1. The Kier molecular flexibility index (Phi) is 5.17. The van der Waals surface area contributed by atoms with Crippen LogP contribution in [-0.2, 0) is 0 Å². The van der Waals surface area contributed by atoms with Gasteiger partial charge >= 0.3 is 0 Å². The molecule has 1 aromatic rings. The standard InChI is InChI=1S/C16H19N5/c1-13-6-7-16(21-8-4-2-3-5-9-21)15(10-13)20-19-14(11-17)12-18/h6-7,10,20H,2-5,8-9H2,1H3. The molecular formula is C16H19N5. The van der Waals surface area contributed by atoms with Crippen molar-refractivity contribution < 1.29 is 0 Å². The monoisotopic (exact) mass is 281 g/mol. The molecule has 0 aliphatic carbocycles. The van der Waals surface area contributed by atoms with Gasteiger partial charge in [0.25, 0.3) is 0 Å². The van der Waals surface area contributed by atoms with E-state index in [0.29, 0.717) is 0 Å². The van der Waals surface area contributed by atoms with E-state index in [4.69, 9.17) is 10.5 Å². The summed E-state index contributed by atoms with van der Waals surface area (Å²) >= 11 is 0. The van der Waals surface area contributed by atoms with Gasteiger partial charge in [-0.1, -0.05) is 18.9 Å². The van der Waals surface area contributed by atoms with Crippen molar-refractivity contribution in [2.24, 2.45) is 5.10 Å². The maximum Gasteiger partial charge on any atom is 0.237 e. The van der Waals surface area contributed by atoms with Crippen LogP contribution >= 0.6 is 0 Å². The van der Waals surface area contributed by atoms with Crippen molar-refractivity contribution >= 4 is 17.1 Å². The Bertz CT molecular complexity index is 582. The molecule has 1 heterocycles. The van der Waals surface area contributed by atoms with Gasteiger partial charge in [0, 0.05) is 13.1 Å². The molecule has 0 atom stereocenters. The lowest BCUT2D eigenvalue weighted by atomic mass is 10.1. The fraction of sp³-hybridized carbons (Fsp3) is 0.438. The van der Waals surface area contributed by atoms with E-state index in [2.05, 4.69) is 27.6 Å². The van der Waals surface area contributed by atoms with E-state index in [1.54, 1.807) is 12.1 Å². The summed E-state index contributed by atoms with van der Waals surface area (Å²) in [7, 11) is 0. The molecule has 0 radical (unpaired) electrons. The number of anilines is 2. The minimum absolute atomic E-state index is 0.168. The molecule has 1 N–H and O–H groups in total. The summed E-state index contributed by atoms with van der Waals surface area (Å²) < 4.78 is 0. The zero-order valence-electron chi connectivity index (χ0n) is 12.3. The minimum Gasteiger partial charge on any atom is -0.370 e. The lowest BCUT2D eigenvalue weighted by Crippen LogP contribution is -2.24. The van der Waals surface area contributed by atoms with Gasteiger partial charge in [-0.05, 0) is 37.5 Å². The van der Waals surface area contributed by atoms with Gasteiger partial charge in [0.15, 0.2) is 0 Å². The van der Waals surface area contributed by atoms with E-state index in [1.165, 1.54) is 25.7 Å². The molecule has 1 aromatic carbocycles. The first-order valence-corrected chi connectivity index (χ1v) is 7.24. The van der Waals surface area contributed by atoms with Gasteiger partial charge in [-0.15, -0.1) is 0 Å². The van der Waals surface area contributed by atoms with Crippen molar-refractivity contribution in [3.8, 4) is 12.1 Å². The second kappa shape index (κ2) is 7.31. The molecule has 0 spiro atoms. The lowest BCUT2D eigenvalue weighted by Gasteiger charge is -2.25. The fourth-order valence-corrected chi connectivity index (χ4v) is 2.52. The lowest BCUT2D eigenvalue weighted by molar-refractivity contribution is 0.726. The van der Waals surface area contributed by atoms with Crippen molar-refractivity contribution in [1.82, 2.24) is 0 Å². The Morgan fingerprint density at radius 2 is 1.81 bits per heavy atom. The first-order valence-electron chi connectivity index (χ1n) is 7.24. The predicted octanol–water partition coefficient (Wildman–Crippen LogP) is 3.19. The van der Waals surface area contributed by atoms with Crippen LogP contribution in [0.15, 0.2) is 23.3 Å². The van der Waals surface area contributed by atoms with Gasteiger partial charge in [-0.3, -0.25) is 5.43 Å². The molecule has 0 amide bonds. The number of hydrogen-bond acceptors (Lipinski definition) is 5. The smallest absolute Gasteiger partial charge is 0.237 e. The number of hydrogen-bond donors (Lipinski definition) is 1.